The van der Waals surface area contributed by atoms with Crippen LogP contribution in [0.5, 0.6) is 0 Å². The van der Waals surface area contributed by atoms with E-state index in [1.807, 2.05) is 25.4 Å². The fourth-order valence-electron chi connectivity index (χ4n) is 2.59. The molecule has 0 saturated heterocycles. The van der Waals surface area contributed by atoms with Crippen molar-refractivity contribution in [2.45, 2.75) is 44.6 Å². The molecule has 0 aliphatic heterocycles. The van der Waals surface area contributed by atoms with Crippen molar-refractivity contribution < 1.29 is 4.42 Å². The quantitative estimate of drug-likeness (QED) is 0.517. The lowest BCUT2D eigenvalue weighted by Crippen LogP contribution is -2.02. The molecule has 0 unspecified atom stereocenters. The van der Waals surface area contributed by atoms with Crippen molar-refractivity contribution in [3.8, 4) is 0 Å². The van der Waals surface area contributed by atoms with Gasteiger partial charge in [-0.2, -0.15) is 0 Å². The lowest BCUT2D eigenvalue weighted by molar-refractivity contribution is 0.559. The van der Waals surface area contributed by atoms with E-state index in [1.165, 1.54) is 5.56 Å². The third-order valence-corrected chi connectivity index (χ3v) is 5.00. The largest absolute Gasteiger partial charge is 0.423 e. The molecule has 0 bridgehead atoms. The third-order valence-electron chi connectivity index (χ3n) is 3.94. The van der Waals surface area contributed by atoms with Crippen molar-refractivity contribution in [2.75, 3.05) is 0 Å². The van der Waals surface area contributed by atoms with E-state index in [1.54, 1.807) is 17.8 Å². The molecule has 3 aromatic rings. The van der Waals surface area contributed by atoms with Gasteiger partial charge in [0.05, 0.1) is 0 Å². The molecule has 0 aliphatic carbocycles. The van der Waals surface area contributed by atoms with E-state index < -0.39 is 0 Å². The van der Waals surface area contributed by atoms with Gasteiger partial charge in [0.1, 0.15) is 5.58 Å². The smallest absolute Gasteiger partial charge is 0.336 e. The Hall–Kier alpha value is -2.01. The third kappa shape index (κ3) is 3.34. The number of aromatic nitrogens is 2. The summed E-state index contributed by atoms with van der Waals surface area (Å²) in [5.74, 6) is 0.700. The molecule has 2 aromatic heterocycles. The molecular formula is C18H20N2O2S. The minimum Gasteiger partial charge on any atom is -0.423 e. The molecule has 23 heavy (non-hydrogen) atoms. The van der Waals surface area contributed by atoms with Crippen LogP contribution in [0.4, 0.5) is 0 Å². The average molecular weight is 328 g/mol. The summed E-state index contributed by atoms with van der Waals surface area (Å²) in [6.07, 6.45) is 4.89. The van der Waals surface area contributed by atoms with Gasteiger partial charge < -0.3 is 8.98 Å². The molecule has 0 aliphatic rings. The highest BCUT2D eigenvalue weighted by Gasteiger charge is 2.10. The maximum absolute atomic E-state index is 11.8. The SMILES string of the molecule is CCCn1ccnc1SCc1cc(=O)oc2cc(C)c(C)cc12. The number of thioether (sulfide) groups is 1. The first-order valence-corrected chi connectivity index (χ1v) is 8.75. The minimum atomic E-state index is -0.298. The van der Waals surface area contributed by atoms with Crippen molar-refractivity contribution in [1.82, 2.24) is 9.55 Å². The summed E-state index contributed by atoms with van der Waals surface area (Å²) >= 11 is 1.65. The second kappa shape index (κ2) is 6.62. The van der Waals surface area contributed by atoms with E-state index >= 15 is 0 Å². The highest BCUT2D eigenvalue weighted by Crippen LogP contribution is 2.27. The minimum absolute atomic E-state index is 0.298. The zero-order valence-corrected chi connectivity index (χ0v) is 14.4. The van der Waals surface area contributed by atoms with Crippen LogP contribution >= 0.6 is 11.8 Å². The standard InChI is InChI=1S/C18H20N2O2S/c1-4-6-20-7-5-19-18(20)23-11-14-10-17(21)22-16-9-13(3)12(2)8-15(14)16/h5,7-10H,4,6,11H2,1-3H3. The van der Waals surface area contributed by atoms with Gasteiger partial charge in [0, 0.05) is 36.1 Å². The van der Waals surface area contributed by atoms with Crippen LogP contribution in [0.25, 0.3) is 11.0 Å². The Morgan fingerprint density at radius 1 is 1.22 bits per heavy atom. The van der Waals surface area contributed by atoms with E-state index in [-0.39, 0.29) is 5.63 Å². The number of hydrogen-bond donors (Lipinski definition) is 0. The molecule has 4 nitrogen and oxygen atoms in total. The highest BCUT2D eigenvalue weighted by atomic mass is 32.2. The van der Waals surface area contributed by atoms with Crippen LogP contribution in [-0.2, 0) is 12.3 Å². The van der Waals surface area contributed by atoms with E-state index in [2.05, 4.69) is 29.5 Å². The molecule has 0 spiro atoms. The second-order valence-corrected chi connectivity index (χ2v) is 6.66. The fourth-order valence-corrected chi connectivity index (χ4v) is 3.57. The summed E-state index contributed by atoms with van der Waals surface area (Å²) in [5.41, 5.74) is 3.69. The Morgan fingerprint density at radius 3 is 2.78 bits per heavy atom. The maximum atomic E-state index is 11.8. The topological polar surface area (TPSA) is 48.0 Å². The molecule has 0 amide bonds. The molecule has 0 N–H and O–H groups in total. The molecule has 1 aromatic carbocycles. The van der Waals surface area contributed by atoms with Crippen molar-refractivity contribution in [1.29, 1.82) is 0 Å². The number of hydrogen-bond acceptors (Lipinski definition) is 4. The zero-order chi connectivity index (χ0) is 16.4. The van der Waals surface area contributed by atoms with Gasteiger partial charge in [-0.3, -0.25) is 0 Å². The van der Waals surface area contributed by atoms with Crippen LogP contribution in [0.15, 0.2) is 45.0 Å². The Kier molecular flexibility index (Phi) is 4.57. The van der Waals surface area contributed by atoms with E-state index in [0.29, 0.717) is 11.3 Å². The Balaban J connectivity index is 1.94. The molecule has 0 atom stereocenters. The second-order valence-electron chi connectivity index (χ2n) is 5.72. The molecule has 2 heterocycles. The number of benzene rings is 1. The van der Waals surface area contributed by atoms with Gasteiger partial charge in [0.25, 0.3) is 0 Å². The van der Waals surface area contributed by atoms with Crippen molar-refractivity contribution in [3.05, 3.63) is 57.7 Å². The summed E-state index contributed by atoms with van der Waals surface area (Å²) < 4.78 is 7.50. The summed E-state index contributed by atoms with van der Waals surface area (Å²) in [5, 5.41) is 1.99. The van der Waals surface area contributed by atoms with E-state index in [0.717, 1.165) is 34.6 Å². The molecule has 120 valence electrons. The van der Waals surface area contributed by atoms with Gasteiger partial charge in [-0.05, 0) is 49.1 Å². The predicted molar refractivity (Wildman–Crippen MR) is 94.0 cm³/mol. The molecule has 5 heteroatoms. The van der Waals surface area contributed by atoms with Gasteiger partial charge in [-0.25, -0.2) is 9.78 Å². The number of imidazole rings is 1. The van der Waals surface area contributed by atoms with Crippen molar-refractivity contribution in [3.63, 3.8) is 0 Å². The van der Waals surface area contributed by atoms with Crippen LogP contribution in [-0.4, -0.2) is 9.55 Å². The first-order valence-electron chi connectivity index (χ1n) is 7.76. The van der Waals surface area contributed by atoms with Gasteiger partial charge >= 0.3 is 5.63 Å². The molecule has 0 fully saturated rings. The van der Waals surface area contributed by atoms with Crippen molar-refractivity contribution >= 4 is 22.7 Å². The van der Waals surface area contributed by atoms with E-state index in [4.69, 9.17) is 4.42 Å². The maximum Gasteiger partial charge on any atom is 0.336 e. The lowest BCUT2D eigenvalue weighted by Gasteiger charge is -2.09. The summed E-state index contributed by atoms with van der Waals surface area (Å²) in [7, 11) is 0. The first-order chi connectivity index (χ1) is 11.1. The molecule has 0 radical (unpaired) electrons. The summed E-state index contributed by atoms with van der Waals surface area (Å²) in [6, 6.07) is 5.64. The van der Waals surface area contributed by atoms with Crippen LogP contribution in [0.2, 0.25) is 0 Å². The number of nitrogens with zero attached hydrogens (tertiary/aromatic N) is 2. The van der Waals surface area contributed by atoms with Crippen LogP contribution in [0, 0.1) is 13.8 Å². The monoisotopic (exact) mass is 328 g/mol. The Bertz CT molecular complexity index is 896. The van der Waals surface area contributed by atoms with Gasteiger partial charge in [-0.15, -0.1) is 0 Å². The first kappa shape index (κ1) is 15.9. The van der Waals surface area contributed by atoms with Crippen molar-refractivity contribution in [2.24, 2.45) is 0 Å². The lowest BCUT2D eigenvalue weighted by atomic mass is 10.0. The number of rotatable bonds is 5. The zero-order valence-electron chi connectivity index (χ0n) is 13.6. The predicted octanol–water partition coefficient (Wildman–Crippen LogP) is 4.31. The summed E-state index contributed by atoms with van der Waals surface area (Å²) in [6.45, 7) is 7.20. The fraction of sp³-hybridized carbons (Fsp3) is 0.333. The Labute approximate surface area is 139 Å². The number of fused-ring (bicyclic) bond motifs is 1. The molecule has 3 rings (SSSR count). The normalized spacial score (nSPS) is 11.3. The number of aryl methyl sites for hydroxylation is 3. The van der Waals surface area contributed by atoms with Gasteiger partial charge in [0.2, 0.25) is 0 Å². The van der Waals surface area contributed by atoms with Crippen LogP contribution in [0.3, 0.4) is 0 Å². The van der Waals surface area contributed by atoms with Crippen LogP contribution in [0.1, 0.15) is 30.0 Å². The van der Waals surface area contributed by atoms with Gasteiger partial charge in [-0.1, -0.05) is 18.7 Å². The Morgan fingerprint density at radius 2 is 2.00 bits per heavy atom. The molecular weight excluding hydrogens is 308 g/mol. The highest BCUT2D eigenvalue weighted by molar-refractivity contribution is 7.98. The van der Waals surface area contributed by atoms with Gasteiger partial charge in [0.15, 0.2) is 5.16 Å². The average Bonchev–Trinajstić information content (AvgIpc) is 2.94. The molecule has 0 saturated carbocycles. The summed E-state index contributed by atoms with van der Waals surface area (Å²) in [4.78, 5) is 16.2. The van der Waals surface area contributed by atoms with E-state index in [9.17, 15) is 4.79 Å². The van der Waals surface area contributed by atoms with Crippen LogP contribution < -0.4 is 5.63 Å².